The first-order chi connectivity index (χ1) is 9.61. The molecular formula is C14H15IN2O3. The van der Waals surface area contributed by atoms with Crippen molar-refractivity contribution < 1.29 is 9.47 Å². The Morgan fingerprint density at radius 1 is 1.25 bits per heavy atom. The van der Waals surface area contributed by atoms with Crippen molar-refractivity contribution in [3.8, 4) is 11.5 Å². The van der Waals surface area contributed by atoms with Crippen molar-refractivity contribution in [2.75, 3.05) is 13.7 Å². The first-order valence-electron chi connectivity index (χ1n) is 6.10. The van der Waals surface area contributed by atoms with E-state index in [9.17, 15) is 4.79 Å². The van der Waals surface area contributed by atoms with Crippen molar-refractivity contribution in [3.05, 3.63) is 50.2 Å². The van der Waals surface area contributed by atoms with Crippen LogP contribution in [0.5, 0.6) is 11.5 Å². The number of halogens is 1. The second-order valence-electron chi connectivity index (χ2n) is 4.13. The van der Waals surface area contributed by atoms with Crippen LogP contribution in [0.3, 0.4) is 0 Å². The van der Waals surface area contributed by atoms with Crippen LogP contribution in [0, 0.1) is 10.5 Å². The minimum Gasteiger partial charge on any atom is -0.497 e. The van der Waals surface area contributed by atoms with Crippen LogP contribution in [0.1, 0.15) is 5.82 Å². The largest absolute Gasteiger partial charge is 0.497 e. The summed E-state index contributed by atoms with van der Waals surface area (Å²) in [6.45, 7) is 2.69. The van der Waals surface area contributed by atoms with Gasteiger partial charge in [-0.25, -0.2) is 4.98 Å². The third-order valence-corrected chi connectivity index (χ3v) is 3.59. The number of nitrogens with zero attached hydrogens (tertiary/aromatic N) is 2. The smallest absolute Gasteiger partial charge is 0.267 e. The van der Waals surface area contributed by atoms with E-state index in [1.165, 1.54) is 0 Å². The lowest BCUT2D eigenvalue weighted by Gasteiger charge is -2.11. The Hall–Kier alpha value is -1.57. The van der Waals surface area contributed by atoms with Gasteiger partial charge in [0.25, 0.3) is 5.56 Å². The van der Waals surface area contributed by atoms with E-state index in [0.29, 0.717) is 22.5 Å². The van der Waals surface area contributed by atoms with Crippen molar-refractivity contribution in [3.63, 3.8) is 0 Å². The number of rotatable bonds is 5. The van der Waals surface area contributed by atoms with Gasteiger partial charge in [-0.3, -0.25) is 9.36 Å². The second-order valence-corrected chi connectivity index (χ2v) is 5.30. The highest BCUT2D eigenvalue weighted by Crippen LogP contribution is 2.16. The van der Waals surface area contributed by atoms with E-state index in [1.54, 1.807) is 17.9 Å². The summed E-state index contributed by atoms with van der Waals surface area (Å²) >= 11 is 1.99. The van der Waals surface area contributed by atoms with Crippen LogP contribution in [0.15, 0.2) is 35.3 Å². The van der Waals surface area contributed by atoms with Gasteiger partial charge >= 0.3 is 0 Å². The zero-order chi connectivity index (χ0) is 14.5. The summed E-state index contributed by atoms with van der Waals surface area (Å²) in [7, 11) is 1.62. The van der Waals surface area contributed by atoms with Gasteiger partial charge in [-0.2, -0.15) is 0 Å². The van der Waals surface area contributed by atoms with Crippen LogP contribution in [-0.4, -0.2) is 23.3 Å². The fraction of sp³-hybridized carbons (Fsp3) is 0.286. The number of methoxy groups -OCH3 is 1. The van der Waals surface area contributed by atoms with Gasteiger partial charge in [0.05, 0.1) is 17.2 Å². The summed E-state index contributed by atoms with van der Waals surface area (Å²) in [5.74, 6) is 2.22. The third kappa shape index (κ3) is 3.50. The molecule has 1 aromatic carbocycles. The van der Waals surface area contributed by atoms with E-state index in [4.69, 9.17) is 9.47 Å². The molecule has 6 heteroatoms. The molecule has 0 aliphatic carbocycles. The number of benzene rings is 1. The maximum atomic E-state index is 12.0. The fourth-order valence-electron chi connectivity index (χ4n) is 1.74. The molecule has 0 amide bonds. The Kier molecular flexibility index (Phi) is 4.99. The molecular weight excluding hydrogens is 371 g/mol. The highest BCUT2D eigenvalue weighted by atomic mass is 127. The lowest BCUT2D eigenvalue weighted by Crippen LogP contribution is -2.27. The maximum Gasteiger partial charge on any atom is 0.267 e. The summed E-state index contributed by atoms with van der Waals surface area (Å²) in [5.41, 5.74) is -0.0311. The monoisotopic (exact) mass is 386 g/mol. The van der Waals surface area contributed by atoms with Crippen LogP contribution in [-0.2, 0) is 6.54 Å². The molecule has 2 rings (SSSR count). The Balaban J connectivity index is 1.99. The van der Waals surface area contributed by atoms with Crippen LogP contribution in [0.25, 0.3) is 0 Å². The summed E-state index contributed by atoms with van der Waals surface area (Å²) < 4.78 is 12.9. The van der Waals surface area contributed by atoms with Crippen LogP contribution < -0.4 is 15.0 Å². The van der Waals surface area contributed by atoms with Crippen molar-refractivity contribution in [2.24, 2.45) is 0 Å². The van der Waals surface area contributed by atoms with Crippen molar-refractivity contribution in [2.45, 2.75) is 13.5 Å². The molecule has 106 valence electrons. The predicted molar refractivity (Wildman–Crippen MR) is 84.4 cm³/mol. The summed E-state index contributed by atoms with van der Waals surface area (Å²) in [5, 5.41) is 0. The lowest BCUT2D eigenvalue weighted by molar-refractivity contribution is 0.293. The molecule has 1 aromatic heterocycles. The molecule has 0 N–H and O–H groups in total. The molecule has 20 heavy (non-hydrogen) atoms. The molecule has 0 atom stereocenters. The van der Waals surface area contributed by atoms with Crippen molar-refractivity contribution in [1.29, 1.82) is 0 Å². The Bertz CT molecular complexity index is 638. The lowest BCUT2D eigenvalue weighted by atomic mass is 10.3. The van der Waals surface area contributed by atoms with E-state index < -0.39 is 0 Å². The molecule has 1 heterocycles. The van der Waals surface area contributed by atoms with E-state index in [0.717, 1.165) is 11.5 Å². The normalized spacial score (nSPS) is 10.3. The van der Waals surface area contributed by atoms with Crippen molar-refractivity contribution >= 4 is 22.6 Å². The van der Waals surface area contributed by atoms with Gasteiger partial charge in [-0.15, -0.1) is 0 Å². The highest BCUT2D eigenvalue weighted by molar-refractivity contribution is 14.1. The number of ether oxygens (including phenoxy) is 2. The Morgan fingerprint density at radius 3 is 2.55 bits per heavy atom. The molecule has 0 aliphatic heterocycles. The molecule has 0 bridgehead atoms. The van der Waals surface area contributed by atoms with E-state index in [1.807, 2.05) is 53.8 Å². The van der Waals surface area contributed by atoms with Crippen LogP contribution >= 0.6 is 22.6 Å². The minimum atomic E-state index is -0.0311. The summed E-state index contributed by atoms with van der Waals surface area (Å²) in [6.07, 6.45) is 1.58. The highest BCUT2D eigenvalue weighted by Gasteiger charge is 2.05. The average molecular weight is 386 g/mol. The molecule has 0 aliphatic rings. The number of aryl methyl sites for hydroxylation is 1. The van der Waals surface area contributed by atoms with Crippen LogP contribution in [0.2, 0.25) is 0 Å². The molecule has 0 fully saturated rings. The van der Waals surface area contributed by atoms with Gasteiger partial charge in [0.15, 0.2) is 0 Å². The van der Waals surface area contributed by atoms with Crippen LogP contribution in [0.4, 0.5) is 0 Å². The Morgan fingerprint density at radius 2 is 1.90 bits per heavy atom. The zero-order valence-corrected chi connectivity index (χ0v) is 13.5. The Labute approximate surface area is 130 Å². The molecule has 2 aromatic rings. The van der Waals surface area contributed by atoms with Gasteiger partial charge in [0.1, 0.15) is 23.9 Å². The van der Waals surface area contributed by atoms with E-state index in [2.05, 4.69) is 4.98 Å². The molecule has 0 radical (unpaired) electrons. The van der Waals surface area contributed by atoms with Gasteiger partial charge < -0.3 is 9.47 Å². The topological polar surface area (TPSA) is 53.4 Å². The maximum absolute atomic E-state index is 12.0. The van der Waals surface area contributed by atoms with Gasteiger partial charge in [-0.1, -0.05) is 0 Å². The summed E-state index contributed by atoms with van der Waals surface area (Å²) in [4.78, 5) is 16.1. The molecule has 0 saturated carbocycles. The standard InChI is InChI=1S/C14H15IN2O3/c1-10-16-9-13(15)14(18)17(10)7-8-20-12-5-3-11(19-2)4-6-12/h3-6,9H,7-8H2,1-2H3. The summed E-state index contributed by atoms with van der Waals surface area (Å²) in [6, 6.07) is 7.34. The number of aromatic nitrogens is 2. The predicted octanol–water partition coefficient (Wildman–Crippen LogP) is 2.24. The van der Waals surface area contributed by atoms with Crippen molar-refractivity contribution in [1.82, 2.24) is 9.55 Å². The van der Waals surface area contributed by atoms with Gasteiger partial charge in [-0.05, 0) is 53.8 Å². The molecule has 5 nitrogen and oxygen atoms in total. The third-order valence-electron chi connectivity index (χ3n) is 2.85. The SMILES string of the molecule is COc1ccc(OCCn2c(C)ncc(I)c2=O)cc1. The number of hydrogen-bond acceptors (Lipinski definition) is 4. The number of hydrogen-bond donors (Lipinski definition) is 0. The average Bonchev–Trinajstić information content (AvgIpc) is 2.47. The fourth-order valence-corrected chi connectivity index (χ4v) is 2.17. The van der Waals surface area contributed by atoms with E-state index in [-0.39, 0.29) is 5.56 Å². The molecule has 0 unspecified atom stereocenters. The van der Waals surface area contributed by atoms with Gasteiger partial charge in [0.2, 0.25) is 0 Å². The first kappa shape index (κ1) is 14.8. The zero-order valence-electron chi connectivity index (χ0n) is 11.3. The molecule has 0 saturated heterocycles. The molecule has 0 spiro atoms. The second kappa shape index (κ2) is 6.74. The minimum absolute atomic E-state index is 0.0311. The quantitative estimate of drug-likeness (QED) is 0.740. The first-order valence-corrected chi connectivity index (χ1v) is 7.18. The van der Waals surface area contributed by atoms with E-state index >= 15 is 0 Å². The van der Waals surface area contributed by atoms with Gasteiger partial charge in [0, 0.05) is 6.20 Å².